The molecular formula is C15H24N2O2. The van der Waals surface area contributed by atoms with Gasteiger partial charge in [-0.25, -0.2) is 0 Å². The van der Waals surface area contributed by atoms with Crippen molar-refractivity contribution in [3.05, 3.63) is 23.8 Å². The monoisotopic (exact) mass is 264 g/mol. The first-order valence-corrected chi connectivity index (χ1v) is 6.85. The molecule has 0 radical (unpaired) electrons. The number of hydrogen-bond donors (Lipinski definition) is 1. The third kappa shape index (κ3) is 2.85. The molecule has 1 fully saturated rings. The molecule has 1 atom stereocenters. The zero-order chi connectivity index (χ0) is 13.8. The zero-order valence-corrected chi connectivity index (χ0v) is 12.1. The van der Waals surface area contributed by atoms with Gasteiger partial charge in [-0.3, -0.25) is 4.90 Å². The van der Waals surface area contributed by atoms with Gasteiger partial charge in [0.1, 0.15) is 0 Å². The van der Waals surface area contributed by atoms with Gasteiger partial charge in [0.2, 0.25) is 0 Å². The van der Waals surface area contributed by atoms with Crippen LogP contribution in [0, 0.1) is 0 Å². The molecule has 1 saturated carbocycles. The summed E-state index contributed by atoms with van der Waals surface area (Å²) in [5.74, 6) is 1.52. The second-order valence-electron chi connectivity index (χ2n) is 5.12. The van der Waals surface area contributed by atoms with E-state index in [2.05, 4.69) is 18.0 Å². The lowest BCUT2D eigenvalue weighted by atomic mass is 9.89. The molecule has 0 spiro atoms. The van der Waals surface area contributed by atoms with Gasteiger partial charge in [0.05, 0.1) is 14.2 Å². The lowest BCUT2D eigenvalue weighted by Crippen LogP contribution is -2.42. The van der Waals surface area contributed by atoms with Gasteiger partial charge in [-0.05, 0) is 37.6 Å². The van der Waals surface area contributed by atoms with Crippen LogP contribution >= 0.6 is 0 Å². The maximum Gasteiger partial charge on any atom is 0.161 e. The number of ether oxygens (including phenoxy) is 2. The van der Waals surface area contributed by atoms with Crippen molar-refractivity contribution in [1.29, 1.82) is 0 Å². The minimum absolute atomic E-state index is 0.241. The molecule has 106 valence electrons. The maximum absolute atomic E-state index is 5.97. The second kappa shape index (κ2) is 6.26. The lowest BCUT2D eigenvalue weighted by molar-refractivity contribution is 0.113. The summed E-state index contributed by atoms with van der Waals surface area (Å²) in [6.45, 7) is 0.614. The van der Waals surface area contributed by atoms with Crippen molar-refractivity contribution in [1.82, 2.24) is 4.90 Å². The molecule has 1 aromatic rings. The van der Waals surface area contributed by atoms with Gasteiger partial charge in [-0.2, -0.15) is 0 Å². The number of nitrogens with zero attached hydrogens (tertiary/aromatic N) is 1. The quantitative estimate of drug-likeness (QED) is 0.855. The Balaban J connectivity index is 2.22. The Labute approximate surface area is 115 Å². The van der Waals surface area contributed by atoms with Crippen LogP contribution in [0.15, 0.2) is 18.2 Å². The lowest BCUT2D eigenvalue weighted by Gasteiger charge is -2.40. The summed E-state index contributed by atoms with van der Waals surface area (Å²) >= 11 is 0. The smallest absolute Gasteiger partial charge is 0.161 e. The molecule has 0 amide bonds. The summed E-state index contributed by atoms with van der Waals surface area (Å²) in [5.41, 5.74) is 7.16. The van der Waals surface area contributed by atoms with Gasteiger partial charge in [0.15, 0.2) is 11.5 Å². The summed E-state index contributed by atoms with van der Waals surface area (Å²) in [7, 11) is 5.48. The highest BCUT2D eigenvalue weighted by Gasteiger charge is 2.28. The molecule has 4 heteroatoms. The highest BCUT2D eigenvalue weighted by molar-refractivity contribution is 5.43. The van der Waals surface area contributed by atoms with Crippen molar-refractivity contribution >= 4 is 0 Å². The highest BCUT2D eigenvalue weighted by Crippen LogP contribution is 2.34. The van der Waals surface area contributed by atoms with Gasteiger partial charge in [0, 0.05) is 18.6 Å². The third-order valence-electron chi connectivity index (χ3n) is 4.16. The molecule has 1 aliphatic carbocycles. The van der Waals surface area contributed by atoms with Crippen molar-refractivity contribution in [2.24, 2.45) is 5.73 Å². The molecular weight excluding hydrogens is 240 g/mol. The standard InChI is InChI=1S/C15H24N2O2/c1-17(12-5-4-6-12)13(10-16)11-7-8-14(18-2)15(9-11)19-3/h7-9,12-13H,4-6,10,16H2,1-3H3. The van der Waals surface area contributed by atoms with E-state index in [-0.39, 0.29) is 6.04 Å². The first-order valence-electron chi connectivity index (χ1n) is 6.85. The Morgan fingerprint density at radius 3 is 2.42 bits per heavy atom. The SMILES string of the molecule is COc1ccc(C(CN)N(C)C2CCC2)cc1OC. The zero-order valence-electron chi connectivity index (χ0n) is 12.1. The van der Waals surface area contributed by atoms with Gasteiger partial charge < -0.3 is 15.2 Å². The number of benzene rings is 1. The summed E-state index contributed by atoms with van der Waals surface area (Å²) in [4.78, 5) is 2.39. The minimum atomic E-state index is 0.241. The van der Waals surface area contributed by atoms with Gasteiger partial charge in [0.25, 0.3) is 0 Å². The number of methoxy groups -OCH3 is 2. The molecule has 1 aromatic carbocycles. The Kier molecular flexibility index (Phi) is 4.66. The van der Waals surface area contributed by atoms with Crippen LogP contribution in [0.25, 0.3) is 0 Å². The fourth-order valence-electron chi connectivity index (χ4n) is 2.65. The predicted molar refractivity (Wildman–Crippen MR) is 76.7 cm³/mol. The van der Waals surface area contributed by atoms with Crippen LogP contribution in [0.3, 0.4) is 0 Å². The number of likely N-dealkylation sites (N-methyl/N-ethyl adjacent to an activating group) is 1. The van der Waals surface area contributed by atoms with Crippen LogP contribution < -0.4 is 15.2 Å². The number of hydrogen-bond acceptors (Lipinski definition) is 4. The van der Waals surface area contributed by atoms with E-state index in [1.54, 1.807) is 14.2 Å². The minimum Gasteiger partial charge on any atom is -0.493 e. The second-order valence-corrected chi connectivity index (χ2v) is 5.12. The highest BCUT2D eigenvalue weighted by atomic mass is 16.5. The number of nitrogens with two attached hydrogens (primary N) is 1. The Bertz CT molecular complexity index is 419. The van der Waals surface area contributed by atoms with E-state index < -0.39 is 0 Å². The molecule has 2 rings (SSSR count). The molecule has 0 aromatic heterocycles. The molecule has 4 nitrogen and oxygen atoms in total. The molecule has 0 bridgehead atoms. The maximum atomic E-state index is 5.97. The topological polar surface area (TPSA) is 47.7 Å². The van der Waals surface area contributed by atoms with Crippen LogP contribution in [-0.2, 0) is 0 Å². The summed E-state index contributed by atoms with van der Waals surface area (Å²) in [5, 5.41) is 0. The Morgan fingerprint density at radius 2 is 1.95 bits per heavy atom. The normalized spacial score (nSPS) is 17.1. The molecule has 2 N–H and O–H groups in total. The molecule has 0 heterocycles. The van der Waals surface area contributed by atoms with E-state index in [0.717, 1.165) is 11.5 Å². The summed E-state index contributed by atoms with van der Waals surface area (Å²) in [6.07, 6.45) is 3.89. The van der Waals surface area contributed by atoms with E-state index in [4.69, 9.17) is 15.2 Å². The average molecular weight is 264 g/mol. The van der Waals surface area contributed by atoms with Crippen LogP contribution in [0.1, 0.15) is 30.9 Å². The van der Waals surface area contributed by atoms with E-state index in [1.165, 1.54) is 24.8 Å². The third-order valence-corrected chi connectivity index (χ3v) is 4.16. The Morgan fingerprint density at radius 1 is 1.26 bits per heavy atom. The van der Waals surface area contributed by atoms with Gasteiger partial charge in [-0.15, -0.1) is 0 Å². The van der Waals surface area contributed by atoms with E-state index in [9.17, 15) is 0 Å². The van der Waals surface area contributed by atoms with E-state index in [1.807, 2.05) is 12.1 Å². The molecule has 1 unspecified atom stereocenters. The largest absolute Gasteiger partial charge is 0.493 e. The molecule has 1 aliphatic rings. The van der Waals surface area contributed by atoms with Crippen molar-refractivity contribution in [3.63, 3.8) is 0 Å². The van der Waals surface area contributed by atoms with Crippen LogP contribution in [0.2, 0.25) is 0 Å². The fourth-order valence-corrected chi connectivity index (χ4v) is 2.65. The van der Waals surface area contributed by atoms with Gasteiger partial charge in [-0.1, -0.05) is 12.5 Å². The van der Waals surface area contributed by atoms with Crippen molar-refractivity contribution in [3.8, 4) is 11.5 Å². The molecule has 0 aliphatic heterocycles. The van der Waals surface area contributed by atoms with Crippen LogP contribution in [0.4, 0.5) is 0 Å². The van der Waals surface area contributed by atoms with Crippen LogP contribution in [0.5, 0.6) is 11.5 Å². The van der Waals surface area contributed by atoms with E-state index >= 15 is 0 Å². The Hall–Kier alpha value is -1.26. The predicted octanol–water partition coefficient (Wildman–Crippen LogP) is 2.19. The van der Waals surface area contributed by atoms with Crippen molar-refractivity contribution in [2.45, 2.75) is 31.3 Å². The average Bonchev–Trinajstić information content (AvgIpc) is 2.37. The van der Waals surface area contributed by atoms with Crippen molar-refractivity contribution in [2.75, 3.05) is 27.8 Å². The molecule has 0 saturated heterocycles. The fraction of sp³-hybridized carbons (Fsp3) is 0.600. The van der Waals surface area contributed by atoms with Crippen molar-refractivity contribution < 1.29 is 9.47 Å². The van der Waals surface area contributed by atoms with E-state index in [0.29, 0.717) is 12.6 Å². The first-order chi connectivity index (χ1) is 9.21. The van der Waals surface area contributed by atoms with Gasteiger partial charge >= 0.3 is 0 Å². The summed E-state index contributed by atoms with van der Waals surface area (Å²) < 4.78 is 10.6. The summed E-state index contributed by atoms with van der Waals surface area (Å²) in [6, 6.07) is 6.97. The van der Waals surface area contributed by atoms with Crippen LogP contribution in [-0.4, -0.2) is 38.8 Å². The first kappa shape index (κ1) is 14.2. The molecule has 19 heavy (non-hydrogen) atoms. The number of rotatable bonds is 6.